The highest BCUT2D eigenvalue weighted by molar-refractivity contribution is 5.68. The first-order valence-corrected chi connectivity index (χ1v) is 6.44. The third-order valence-corrected chi connectivity index (χ3v) is 3.27. The second-order valence-corrected chi connectivity index (χ2v) is 4.87. The third kappa shape index (κ3) is 3.42. The number of benzene rings is 2. The molecule has 0 amide bonds. The molecule has 21 heavy (non-hydrogen) atoms. The minimum Gasteiger partial charge on any atom is -0.316 e. The zero-order valence-electron chi connectivity index (χ0n) is 11.7. The molecule has 2 rings (SSSR count). The first-order chi connectivity index (χ1) is 9.82. The van der Waals surface area contributed by atoms with Crippen LogP contribution in [0.15, 0.2) is 36.4 Å². The van der Waals surface area contributed by atoms with Crippen molar-refractivity contribution in [2.24, 2.45) is 0 Å². The van der Waals surface area contributed by atoms with Crippen molar-refractivity contribution in [3.63, 3.8) is 0 Å². The topological polar surface area (TPSA) is 12.0 Å². The molecular formula is C16H15F4N. The Hall–Kier alpha value is -1.88. The van der Waals surface area contributed by atoms with Gasteiger partial charge >= 0.3 is 6.18 Å². The molecule has 0 saturated carbocycles. The highest BCUT2D eigenvalue weighted by Gasteiger charge is 2.33. The first-order valence-electron chi connectivity index (χ1n) is 6.44. The number of halogens is 4. The number of hydrogen-bond acceptors (Lipinski definition) is 1. The van der Waals surface area contributed by atoms with E-state index >= 15 is 0 Å². The number of alkyl halides is 3. The summed E-state index contributed by atoms with van der Waals surface area (Å²) in [6.07, 6.45) is -4.67. The van der Waals surface area contributed by atoms with Gasteiger partial charge in [0.25, 0.3) is 0 Å². The molecule has 0 aromatic heterocycles. The molecule has 0 bridgehead atoms. The van der Waals surface area contributed by atoms with Crippen molar-refractivity contribution < 1.29 is 17.6 Å². The van der Waals surface area contributed by atoms with Gasteiger partial charge in [-0.05, 0) is 54.4 Å². The van der Waals surface area contributed by atoms with Crippen molar-refractivity contribution >= 4 is 0 Å². The van der Waals surface area contributed by atoms with Crippen molar-refractivity contribution in [3.8, 4) is 11.1 Å². The van der Waals surface area contributed by atoms with E-state index in [2.05, 4.69) is 5.32 Å². The Morgan fingerprint density at radius 2 is 1.76 bits per heavy atom. The van der Waals surface area contributed by atoms with Crippen LogP contribution in [0.2, 0.25) is 0 Å². The van der Waals surface area contributed by atoms with E-state index in [1.165, 1.54) is 6.07 Å². The summed E-state index contributed by atoms with van der Waals surface area (Å²) in [6, 6.07) is 8.68. The van der Waals surface area contributed by atoms with Gasteiger partial charge in [-0.3, -0.25) is 0 Å². The zero-order chi connectivity index (χ0) is 15.6. The van der Waals surface area contributed by atoms with E-state index in [4.69, 9.17) is 0 Å². The lowest BCUT2D eigenvalue weighted by Gasteiger charge is -2.12. The summed E-state index contributed by atoms with van der Waals surface area (Å²) in [5.74, 6) is -1.25. The zero-order valence-corrected chi connectivity index (χ0v) is 11.7. The smallest absolute Gasteiger partial charge is 0.316 e. The van der Waals surface area contributed by atoms with Crippen LogP contribution in [-0.4, -0.2) is 7.05 Å². The maximum atomic E-state index is 13.7. The number of aryl methyl sites for hydroxylation is 1. The molecule has 0 aliphatic carbocycles. The van der Waals surface area contributed by atoms with Gasteiger partial charge in [0, 0.05) is 6.54 Å². The average molecular weight is 297 g/mol. The standard InChI is InChI=1S/C16H15F4N/c1-10-3-4-11(9-21-2)7-13(10)12-5-6-14(15(17)8-12)16(18,19)20/h3-8,21H,9H2,1-2H3. The normalized spacial score (nSPS) is 11.7. The minimum absolute atomic E-state index is 0.441. The van der Waals surface area contributed by atoms with E-state index in [1.807, 2.05) is 25.1 Å². The maximum Gasteiger partial charge on any atom is 0.419 e. The van der Waals surface area contributed by atoms with Crippen molar-refractivity contribution in [2.45, 2.75) is 19.6 Å². The second kappa shape index (κ2) is 5.85. The summed E-state index contributed by atoms with van der Waals surface area (Å²) in [6.45, 7) is 2.48. The van der Waals surface area contributed by atoms with Gasteiger partial charge in [-0.15, -0.1) is 0 Å². The van der Waals surface area contributed by atoms with Gasteiger partial charge in [-0.2, -0.15) is 13.2 Å². The molecule has 0 spiro atoms. The van der Waals surface area contributed by atoms with Crippen molar-refractivity contribution in [1.29, 1.82) is 0 Å². The lowest BCUT2D eigenvalue weighted by atomic mass is 9.97. The Bertz CT molecular complexity index is 647. The van der Waals surface area contributed by atoms with E-state index < -0.39 is 17.6 Å². The van der Waals surface area contributed by atoms with E-state index in [-0.39, 0.29) is 0 Å². The van der Waals surface area contributed by atoms with Crippen LogP contribution in [0.5, 0.6) is 0 Å². The summed E-state index contributed by atoms with van der Waals surface area (Å²) in [7, 11) is 1.80. The number of nitrogens with one attached hydrogen (secondary N) is 1. The molecular weight excluding hydrogens is 282 g/mol. The van der Waals surface area contributed by atoms with E-state index in [1.54, 1.807) is 7.05 Å². The fraction of sp³-hybridized carbons (Fsp3) is 0.250. The molecule has 0 atom stereocenters. The van der Waals surface area contributed by atoms with Crippen LogP contribution in [0.4, 0.5) is 17.6 Å². The molecule has 5 heteroatoms. The Kier molecular flexibility index (Phi) is 4.32. The average Bonchev–Trinajstić information content (AvgIpc) is 2.39. The maximum absolute atomic E-state index is 13.7. The molecule has 1 N–H and O–H groups in total. The molecule has 1 nitrogen and oxygen atoms in total. The summed E-state index contributed by atoms with van der Waals surface area (Å²) < 4.78 is 51.4. The van der Waals surface area contributed by atoms with Crippen LogP contribution in [0.25, 0.3) is 11.1 Å². The van der Waals surface area contributed by atoms with Crippen molar-refractivity contribution in [2.75, 3.05) is 7.05 Å². The van der Waals surface area contributed by atoms with Crippen LogP contribution in [0.3, 0.4) is 0 Å². The summed E-state index contributed by atoms with van der Waals surface area (Å²) in [5, 5.41) is 3.00. The Morgan fingerprint density at radius 3 is 2.33 bits per heavy atom. The van der Waals surface area contributed by atoms with E-state index in [0.717, 1.165) is 28.8 Å². The highest BCUT2D eigenvalue weighted by Crippen LogP contribution is 2.34. The van der Waals surface area contributed by atoms with Crippen LogP contribution >= 0.6 is 0 Å². The lowest BCUT2D eigenvalue weighted by Crippen LogP contribution is -2.08. The van der Waals surface area contributed by atoms with Gasteiger partial charge in [0.1, 0.15) is 5.82 Å². The van der Waals surface area contributed by atoms with E-state index in [9.17, 15) is 17.6 Å². The Balaban J connectivity index is 2.48. The van der Waals surface area contributed by atoms with Gasteiger partial charge in [0.2, 0.25) is 0 Å². The summed E-state index contributed by atoms with van der Waals surface area (Å²) >= 11 is 0. The van der Waals surface area contributed by atoms with Gasteiger partial charge < -0.3 is 5.32 Å². The fourth-order valence-corrected chi connectivity index (χ4v) is 2.21. The van der Waals surface area contributed by atoms with Gasteiger partial charge in [-0.25, -0.2) is 4.39 Å². The second-order valence-electron chi connectivity index (χ2n) is 4.87. The fourth-order valence-electron chi connectivity index (χ4n) is 2.21. The largest absolute Gasteiger partial charge is 0.419 e. The molecule has 2 aromatic rings. The molecule has 0 radical (unpaired) electrons. The molecule has 0 aliphatic heterocycles. The highest BCUT2D eigenvalue weighted by atomic mass is 19.4. The lowest BCUT2D eigenvalue weighted by molar-refractivity contribution is -0.139. The quantitative estimate of drug-likeness (QED) is 0.820. The number of rotatable bonds is 3. The van der Waals surface area contributed by atoms with Gasteiger partial charge in [0.05, 0.1) is 5.56 Å². The Morgan fingerprint density at radius 1 is 1.05 bits per heavy atom. The van der Waals surface area contributed by atoms with Crippen LogP contribution in [0.1, 0.15) is 16.7 Å². The summed E-state index contributed by atoms with van der Waals surface area (Å²) in [5.41, 5.74) is 1.80. The Labute approximate surface area is 120 Å². The first kappa shape index (κ1) is 15.5. The molecule has 0 fully saturated rings. The predicted octanol–water partition coefficient (Wildman–Crippen LogP) is 4.54. The minimum atomic E-state index is -4.67. The third-order valence-electron chi connectivity index (χ3n) is 3.27. The molecule has 112 valence electrons. The SMILES string of the molecule is CNCc1ccc(C)c(-c2ccc(C(F)(F)F)c(F)c2)c1. The van der Waals surface area contributed by atoms with E-state index in [0.29, 0.717) is 12.1 Å². The van der Waals surface area contributed by atoms with Crippen molar-refractivity contribution in [3.05, 3.63) is 58.9 Å². The molecule has 2 aromatic carbocycles. The molecule has 0 saturated heterocycles. The van der Waals surface area contributed by atoms with Crippen LogP contribution < -0.4 is 5.32 Å². The number of hydrogen-bond donors (Lipinski definition) is 1. The van der Waals surface area contributed by atoms with Gasteiger partial charge in [-0.1, -0.05) is 18.2 Å². The summed E-state index contributed by atoms with van der Waals surface area (Å²) in [4.78, 5) is 0. The van der Waals surface area contributed by atoms with Crippen LogP contribution in [-0.2, 0) is 12.7 Å². The van der Waals surface area contributed by atoms with Gasteiger partial charge in [0.15, 0.2) is 0 Å². The monoisotopic (exact) mass is 297 g/mol. The molecule has 0 heterocycles. The predicted molar refractivity (Wildman–Crippen MR) is 74.3 cm³/mol. The molecule has 0 unspecified atom stereocenters. The van der Waals surface area contributed by atoms with Crippen molar-refractivity contribution in [1.82, 2.24) is 5.32 Å². The molecule has 0 aliphatic rings. The van der Waals surface area contributed by atoms with Crippen LogP contribution in [0, 0.1) is 12.7 Å².